The molecular formula is C35H38N4O4. The van der Waals surface area contributed by atoms with Gasteiger partial charge in [0.25, 0.3) is 11.8 Å². The molecule has 0 spiro atoms. The van der Waals surface area contributed by atoms with Gasteiger partial charge in [-0.1, -0.05) is 75.6 Å². The standard InChI is InChI=1S/C35H38N4O4/c1-4-6-11-22(5-2)21-36-33(40)26-13-8-10-15-29(26)39-34(41)30-20-27-25-12-7-9-14-28(25)37-31(27)32(38(30)35(39)42)23-16-18-24(43-3)19-17-23/h7-10,12-19,22,30,32,37H,4-6,11,20-21H2,1-3H3,(H,36,40)/t22-,30-,32-/m0/s1. The molecule has 4 aromatic rings. The number of nitrogens with zero attached hydrogens (tertiary/aromatic N) is 2. The van der Waals surface area contributed by atoms with E-state index >= 15 is 0 Å². The molecule has 3 atom stereocenters. The van der Waals surface area contributed by atoms with Crippen molar-refractivity contribution in [3.63, 3.8) is 0 Å². The van der Waals surface area contributed by atoms with Gasteiger partial charge in [0.15, 0.2) is 0 Å². The number of methoxy groups -OCH3 is 1. The van der Waals surface area contributed by atoms with E-state index in [1.54, 1.807) is 36.3 Å². The Balaban J connectivity index is 1.37. The van der Waals surface area contributed by atoms with Gasteiger partial charge in [-0.2, -0.15) is 0 Å². The molecule has 3 aromatic carbocycles. The topological polar surface area (TPSA) is 94.7 Å². The first kappa shape index (κ1) is 28.5. The van der Waals surface area contributed by atoms with Crippen LogP contribution in [0.2, 0.25) is 0 Å². The Morgan fingerprint density at radius 3 is 2.51 bits per heavy atom. The van der Waals surface area contributed by atoms with E-state index in [0.29, 0.717) is 35.9 Å². The lowest BCUT2D eigenvalue weighted by Crippen LogP contribution is -2.44. The van der Waals surface area contributed by atoms with Crippen LogP contribution in [0.15, 0.2) is 72.8 Å². The van der Waals surface area contributed by atoms with Crippen molar-refractivity contribution in [2.75, 3.05) is 18.6 Å². The van der Waals surface area contributed by atoms with Gasteiger partial charge in [-0.15, -0.1) is 0 Å². The van der Waals surface area contributed by atoms with E-state index in [1.807, 2.05) is 48.5 Å². The van der Waals surface area contributed by atoms with Crippen LogP contribution in [0.1, 0.15) is 72.8 Å². The van der Waals surface area contributed by atoms with Crippen molar-refractivity contribution >= 4 is 34.4 Å². The van der Waals surface area contributed by atoms with E-state index in [1.165, 1.54) is 4.90 Å². The minimum atomic E-state index is -0.707. The van der Waals surface area contributed by atoms with Gasteiger partial charge in [-0.3, -0.25) is 14.5 Å². The zero-order chi connectivity index (χ0) is 30.1. The fraction of sp³-hybridized carbons (Fsp3) is 0.343. The molecule has 1 aromatic heterocycles. The highest BCUT2D eigenvalue weighted by Gasteiger charge is 2.53. The summed E-state index contributed by atoms with van der Waals surface area (Å²) in [4.78, 5) is 48.5. The smallest absolute Gasteiger partial charge is 0.332 e. The molecule has 222 valence electrons. The van der Waals surface area contributed by atoms with Gasteiger partial charge in [0, 0.05) is 29.6 Å². The lowest BCUT2D eigenvalue weighted by Gasteiger charge is -2.36. The van der Waals surface area contributed by atoms with Crippen LogP contribution in [-0.2, 0) is 11.2 Å². The zero-order valence-electron chi connectivity index (χ0n) is 24.9. The molecule has 0 saturated carbocycles. The number of carbonyl (C=O) groups excluding carboxylic acids is 3. The number of amides is 4. The zero-order valence-corrected chi connectivity index (χ0v) is 24.9. The molecule has 0 unspecified atom stereocenters. The Bertz CT molecular complexity index is 1660. The molecule has 8 heteroatoms. The van der Waals surface area contributed by atoms with E-state index in [0.717, 1.165) is 53.4 Å². The van der Waals surface area contributed by atoms with Gasteiger partial charge in [-0.25, -0.2) is 9.69 Å². The second-order valence-electron chi connectivity index (χ2n) is 11.5. The van der Waals surface area contributed by atoms with Crippen molar-refractivity contribution in [2.24, 2.45) is 5.92 Å². The number of rotatable bonds is 10. The average Bonchev–Trinajstić information content (AvgIpc) is 3.53. The van der Waals surface area contributed by atoms with Crippen LogP contribution < -0.4 is 15.0 Å². The van der Waals surface area contributed by atoms with Crippen LogP contribution in [-0.4, -0.2) is 47.4 Å². The Kier molecular flexibility index (Phi) is 7.93. The number of urea groups is 1. The number of benzene rings is 3. The van der Waals surface area contributed by atoms with Gasteiger partial charge < -0.3 is 15.0 Å². The third-order valence-corrected chi connectivity index (χ3v) is 8.96. The number of imide groups is 1. The van der Waals surface area contributed by atoms with Crippen molar-refractivity contribution in [1.82, 2.24) is 15.2 Å². The van der Waals surface area contributed by atoms with E-state index in [9.17, 15) is 14.4 Å². The van der Waals surface area contributed by atoms with Crippen molar-refractivity contribution in [1.29, 1.82) is 0 Å². The van der Waals surface area contributed by atoms with Crippen molar-refractivity contribution < 1.29 is 19.1 Å². The number of hydrogen-bond donors (Lipinski definition) is 2. The summed E-state index contributed by atoms with van der Waals surface area (Å²) in [5.74, 6) is 0.487. The lowest BCUT2D eigenvalue weighted by molar-refractivity contribution is -0.120. The van der Waals surface area contributed by atoms with Gasteiger partial charge >= 0.3 is 6.03 Å². The normalized spacial score (nSPS) is 18.5. The van der Waals surface area contributed by atoms with Crippen LogP contribution in [0.5, 0.6) is 5.75 Å². The van der Waals surface area contributed by atoms with E-state index < -0.39 is 18.1 Å². The quantitative estimate of drug-likeness (QED) is 0.207. The molecule has 4 amide bonds. The van der Waals surface area contributed by atoms with Crippen LogP contribution in [0.4, 0.5) is 10.5 Å². The highest BCUT2D eigenvalue weighted by molar-refractivity contribution is 6.24. The number of hydrogen-bond acceptors (Lipinski definition) is 4. The van der Waals surface area contributed by atoms with Crippen LogP contribution in [0.25, 0.3) is 10.9 Å². The Morgan fingerprint density at radius 2 is 1.77 bits per heavy atom. The molecule has 0 bridgehead atoms. The molecule has 2 aliphatic rings. The molecule has 0 radical (unpaired) electrons. The summed E-state index contributed by atoms with van der Waals surface area (Å²) in [5.41, 5.74) is 4.39. The first-order chi connectivity index (χ1) is 21.0. The predicted molar refractivity (Wildman–Crippen MR) is 167 cm³/mol. The molecule has 3 heterocycles. The number of nitrogens with one attached hydrogen (secondary N) is 2. The first-order valence-corrected chi connectivity index (χ1v) is 15.2. The number of anilines is 1. The minimum Gasteiger partial charge on any atom is -0.497 e. The number of ether oxygens (including phenoxy) is 1. The second kappa shape index (κ2) is 12.0. The molecule has 2 aliphatic heterocycles. The summed E-state index contributed by atoms with van der Waals surface area (Å²) in [6.45, 7) is 4.86. The third-order valence-electron chi connectivity index (χ3n) is 8.96. The molecular weight excluding hydrogens is 540 g/mol. The molecule has 6 rings (SSSR count). The van der Waals surface area contributed by atoms with Gasteiger partial charge in [0.05, 0.1) is 18.4 Å². The number of fused-ring (bicyclic) bond motifs is 4. The summed E-state index contributed by atoms with van der Waals surface area (Å²) < 4.78 is 5.38. The van der Waals surface area contributed by atoms with Gasteiger partial charge in [0.2, 0.25) is 0 Å². The maximum atomic E-state index is 14.3. The summed E-state index contributed by atoms with van der Waals surface area (Å²) >= 11 is 0. The number of para-hydroxylation sites is 2. The summed E-state index contributed by atoms with van der Waals surface area (Å²) in [6, 6.07) is 20.9. The van der Waals surface area contributed by atoms with Crippen molar-refractivity contribution in [2.45, 2.75) is 58.0 Å². The average molecular weight is 579 g/mol. The minimum absolute atomic E-state index is 0.279. The molecule has 43 heavy (non-hydrogen) atoms. The number of unbranched alkanes of at least 4 members (excludes halogenated alkanes) is 1. The Hall–Kier alpha value is -4.59. The fourth-order valence-electron chi connectivity index (χ4n) is 6.57. The number of aromatic nitrogens is 1. The number of H-pyrrole nitrogens is 1. The maximum absolute atomic E-state index is 14.3. The molecule has 1 saturated heterocycles. The van der Waals surface area contributed by atoms with E-state index in [-0.39, 0.29) is 11.8 Å². The number of aromatic amines is 1. The molecule has 1 fully saturated rings. The highest BCUT2D eigenvalue weighted by atomic mass is 16.5. The van der Waals surface area contributed by atoms with Crippen LogP contribution >= 0.6 is 0 Å². The largest absolute Gasteiger partial charge is 0.497 e. The van der Waals surface area contributed by atoms with Gasteiger partial charge in [0.1, 0.15) is 17.8 Å². The number of carbonyl (C=O) groups is 3. The van der Waals surface area contributed by atoms with E-state index in [4.69, 9.17) is 4.74 Å². The summed E-state index contributed by atoms with van der Waals surface area (Å²) in [5, 5.41) is 4.12. The van der Waals surface area contributed by atoms with Crippen molar-refractivity contribution in [3.05, 3.63) is 95.2 Å². The predicted octanol–water partition coefficient (Wildman–Crippen LogP) is 6.61. The third kappa shape index (κ3) is 5.05. The summed E-state index contributed by atoms with van der Waals surface area (Å²) in [7, 11) is 1.61. The van der Waals surface area contributed by atoms with Gasteiger partial charge in [-0.05, 0) is 53.8 Å². The molecule has 8 nitrogen and oxygen atoms in total. The Morgan fingerprint density at radius 1 is 1.02 bits per heavy atom. The second-order valence-corrected chi connectivity index (χ2v) is 11.5. The maximum Gasteiger partial charge on any atom is 0.332 e. The van der Waals surface area contributed by atoms with Crippen LogP contribution in [0, 0.1) is 5.92 Å². The SMILES string of the molecule is CCCC[C@H](CC)CNC(=O)c1ccccc1N1C(=O)[C@@H]2Cc3c([nH]c4ccccc34)[C@H](c3ccc(OC)cc3)N2C1=O. The first-order valence-electron chi connectivity index (χ1n) is 15.2. The molecule has 2 N–H and O–H groups in total. The lowest BCUT2D eigenvalue weighted by atomic mass is 9.89. The molecule has 0 aliphatic carbocycles. The highest BCUT2D eigenvalue weighted by Crippen LogP contribution is 2.45. The van der Waals surface area contributed by atoms with Crippen LogP contribution in [0.3, 0.4) is 0 Å². The monoisotopic (exact) mass is 578 g/mol. The summed E-state index contributed by atoms with van der Waals surface area (Å²) in [6.07, 6.45) is 4.64. The van der Waals surface area contributed by atoms with Crippen molar-refractivity contribution in [3.8, 4) is 5.75 Å². The fourth-order valence-corrected chi connectivity index (χ4v) is 6.57. The van der Waals surface area contributed by atoms with E-state index in [2.05, 4.69) is 24.1 Å². The Labute approximate surface area is 252 Å².